The van der Waals surface area contributed by atoms with Crippen LogP contribution >= 0.6 is 0 Å². The van der Waals surface area contributed by atoms with Gasteiger partial charge in [0.05, 0.1) is 18.8 Å². The summed E-state index contributed by atoms with van der Waals surface area (Å²) < 4.78 is 1.58. The monoisotopic (exact) mass is 194 g/mol. The fraction of sp³-hybridized carbons (Fsp3) is 0.667. The lowest BCUT2D eigenvalue weighted by Gasteiger charge is -2.19. The highest BCUT2D eigenvalue weighted by molar-refractivity contribution is 5.29. The van der Waals surface area contributed by atoms with Crippen LogP contribution in [0.1, 0.15) is 32.2 Å². The first-order valence-corrected chi connectivity index (χ1v) is 4.45. The first-order valence-electron chi connectivity index (χ1n) is 4.45. The van der Waals surface area contributed by atoms with E-state index in [1.165, 1.54) is 0 Å². The predicted octanol–water partition coefficient (Wildman–Crippen LogP) is 0.440. The van der Waals surface area contributed by atoms with Gasteiger partial charge in [-0.15, -0.1) is 5.10 Å². The molecule has 0 amide bonds. The van der Waals surface area contributed by atoms with E-state index in [-0.39, 0.29) is 12.0 Å². The van der Waals surface area contributed by atoms with Gasteiger partial charge >= 0.3 is 0 Å². The Bertz CT molecular complexity index is 356. The first-order chi connectivity index (χ1) is 6.50. The summed E-state index contributed by atoms with van der Waals surface area (Å²) in [7, 11) is 0. The number of nitrogens with zero attached hydrogens (tertiary/aromatic N) is 4. The van der Waals surface area contributed by atoms with E-state index in [9.17, 15) is 0 Å². The zero-order valence-electron chi connectivity index (χ0n) is 8.65. The molecule has 5 nitrogen and oxygen atoms in total. The quantitative estimate of drug-likeness (QED) is 0.741. The van der Waals surface area contributed by atoms with Crippen LogP contribution < -0.4 is 0 Å². The zero-order valence-corrected chi connectivity index (χ0v) is 8.65. The van der Waals surface area contributed by atoms with E-state index in [1.54, 1.807) is 4.68 Å². The number of aliphatic hydroxyl groups is 1. The molecule has 1 heterocycles. The van der Waals surface area contributed by atoms with E-state index < -0.39 is 0 Å². The topological polar surface area (TPSA) is 74.7 Å². The molecular weight excluding hydrogens is 180 g/mol. The Kier molecular flexibility index (Phi) is 2.87. The number of aromatic nitrogens is 3. The van der Waals surface area contributed by atoms with Crippen molar-refractivity contribution in [3.05, 3.63) is 11.4 Å². The van der Waals surface area contributed by atoms with E-state index in [0.29, 0.717) is 12.2 Å². The molecule has 0 bridgehead atoms. The summed E-state index contributed by atoms with van der Waals surface area (Å²) in [5.41, 5.74) is 0.920. The maximum Gasteiger partial charge on any atom is 0.186 e. The second-order valence-electron chi connectivity index (χ2n) is 4.10. The third kappa shape index (κ3) is 1.91. The number of hydrogen-bond acceptors (Lipinski definition) is 4. The van der Waals surface area contributed by atoms with Crippen molar-refractivity contribution in [3.8, 4) is 6.07 Å². The average molecular weight is 194 g/mol. The third-order valence-electron chi connectivity index (χ3n) is 1.86. The van der Waals surface area contributed by atoms with Crippen molar-refractivity contribution in [2.45, 2.75) is 32.7 Å². The molecule has 14 heavy (non-hydrogen) atoms. The lowest BCUT2D eigenvalue weighted by atomic mass is 9.90. The molecule has 0 unspecified atom stereocenters. The van der Waals surface area contributed by atoms with E-state index in [0.717, 1.165) is 5.69 Å². The third-order valence-corrected chi connectivity index (χ3v) is 1.86. The van der Waals surface area contributed by atoms with Crippen LogP contribution in [0.3, 0.4) is 0 Å². The second-order valence-corrected chi connectivity index (χ2v) is 4.10. The highest BCUT2D eigenvalue weighted by atomic mass is 16.3. The van der Waals surface area contributed by atoms with Crippen LogP contribution in [0.2, 0.25) is 0 Å². The first kappa shape index (κ1) is 10.7. The smallest absolute Gasteiger partial charge is 0.186 e. The van der Waals surface area contributed by atoms with Gasteiger partial charge in [0.25, 0.3) is 0 Å². The van der Waals surface area contributed by atoms with Crippen LogP contribution in [0.5, 0.6) is 0 Å². The van der Waals surface area contributed by atoms with Crippen LogP contribution in [0.15, 0.2) is 0 Å². The molecule has 0 atom stereocenters. The standard InChI is InChI=1S/C9H14N4O/c1-9(2,3)8-7(6-10)11-12-13(8)4-5-14/h14H,4-5H2,1-3H3. The van der Waals surface area contributed by atoms with E-state index in [1.807, 2.05) is 26.8 Å². The van der Waals surface area contributed by atoms with Gasteiger partial charge in [-0.2, -0.15) is 5.26 Å². The van der Waals surface area contributed by atoms with Crippen LogP contribution in [-0.4, -0.2) is 26.7 Å². The SMILES string of the molecule is CC(C)(C)c1c(C#N)nnn1CCO. The van der Waals surface area contributed by atoms with Gasteiger partial charge in [0.1, 0.15) is 6.07 Å². The summed E-state index contributed by atoms with van der Waals surface area (Å²) in [4.78, 5) is 0. The molecule has 1 aromatic rings. The summed E-state index contributed by atoms with van der Waals surface area (Å²) >= 11 is 0. The van der Waals surface area contributed by atoms with Gasteiger partial charge in [-0.05, 0) is 0 Å². The Labute approximate surface area is 83.0 Å². The number of nitriles is 1. The Morgan fingerprint density at radius 3 is 2.57 bits per heavy atom. The van der Waals surface area contributed by atoms with Gasteiger partial charge in [-0.1, -0.05) is 26.0 Å². The maximum atomic E-state index is 8.83. The van der Waals surface area contributed by atoms with Crippen LogP contribution in [0.4, 0.5) is 0 Å². The van der Waals surface area contributed by atoms with Crippen molar-refractivity contribution in [2.75, 3.05) is 6.61 Å². The molecule has 1 aromatic heterocycles. The zero-order chi connectivity index (χ0) is 10.8. The van der Waals surface area contributed by atoms with Crippen molar-refractivity contribution in [1.29, 1.82) is 5.26 Å². The fourth-order valence-corrected chi connectivity index (χ4v) is 1.38. The molecular formula is C9H14N4O. The molecule has 1 N–H and O–H groups in total. The fourth-order valence-electron chi connectivity index (χ4n) is 1.38. The predicted molar refractivity (Wildman–Crippen MR) is 50.5 cm³/mol. The highest BCUT2D eigenvalue weighted by Crippen LogP contribution is 2.23. The molecule has 76 valence electrons. The van der Waals surface area contributed by atoms with Gasteiger partial charge in [-0.25, -0.2) is 4.68 Å². The normalized spacial score (nSPS) is 11.4. The summed E-state index contributed by atoms with van der Waals surface area (Å²) in [5, 5.41) is 25.2. The largest absolute Gasteiger partial charge is 0.394 e. The lowest BCUT2D eigenvalue weighted by Crippen LogP contribution is -2.20. The van der Waals surface area contributed by atoms with Crippen molar-refractivity contribution in [2.24, 2.45) is 0 Å². The Hall–Kier alpha value is -1.41. The highest BCUT2D eigenvalue weighted by Gasteiger charge is 2.24. The minimum atomic E-state index is -0.191. The summed E-state index contributed by atoms with van der Waals surface area (Å²) in [6.07, 6.45) is 0. The van der Waals surface area contributed by atoms with Crippen molar-refractivity contribution in [1.82, 2.24) is 15.0 Å². The Morgan fingerprint density at radius 1 is 1.50 bits per heavy atom. The molecule has 0 aliphatic rings. The van der Waals surface area contributed by atoms with Gasteiger partial charge in [0.15, 0.2) is 5.69 Å². The minimum absolute atomic E-state index is 0.00267. The Morgan fingerprint density at radius 2 is 2.14 bits per heavy atom. The van der Waals surface area contributed by atoms with Gasteiger partial charge in [0, 0.05) is 5.41 Å². The lowest BCUT2D eigenvalue weighted by molar-refractivity contribution is 0.262. The maximum absolute atomic E-state index is 8.83. The summed E-state index contributed by atoms with van der Waals surface area (Å²) in [5.74, 6) is 0. The van der Waals surface area contributed by atoms with E-state index in [4.69, 9.17) is 10.4 Å². The van der Waals surface area contributed by atoms with E-state index in [2.05, 4.69) is 10.3 Å². The van der Waals surface area contributed by atoms with Crippen molar-refractivity contribution in [3.63, 3.8) is 0 Å². The van der Waals surface area contributed by atoms with E-state index >= 15 is 0 Å². The van der Waals surface area contributed by atoms with Gasteiger partial charge in [-0.3, -0.25) is 0 Å². The van der Waals surface area contributed by atoms with Crippen LogP contribution in [0, 0.1) is 11.3 Å². The molecule has 0 saturated carbocycles. The van der Waals surface area contributed by atoms with Crippen LogP contribution in [-0.2, 0) is 12.0 Å². The number of hydrogen-bond donors (Lipinski definition) is 1. The molecule has 5 heteroatoms. The molecule has 0 aliphatic carbocycles. The van der Waals surface area contributed by atoms with Gasteiger partial charge in [0.2, 0.25) is 0 Å². The average Bonchev–Trinajstić information content (AvgIpc) is 2.47. The van der Waals surface area contributed by atoms with Crippen LogP contribution in [0.25, 0.3) is 0 Å². The van der Waals surface area contributed by atoms with Gasteiger partial charge < -0.3 is 5.11 Å². The molecule has 0 aliphatic heterocycles. The summed E-state index contributed by atoms with van der Waals surface area (Å²) in [6, 6.07) is 2.00. The minimum Gasteiger partial charge on any atom is -0.394 e. The number of rotatable bonds is 2. The summed E-state index contributed by atoms with van der Waals surface area (Å²) in [6.45, 7) is 6.33. The molecule has 0 spiro atoms. The Balaban J connectivity index is 3.21. The van der Waals surface area contributed by atoms with Crippen molar-refractivity contribution >= 4 is 0 Å². The van der Waals surface area contributed by atoms with Crippen molar-refractivity contribution < 1.29 is 5.11 Å². The number of aliphatic hydroxyl groups excluding tert-OH is 1. The molecule has 1 rings (SSSR count). The molecule has 0 radical (unpaired) electrons. The molecule has 0 saturated heterocycles. The second kappa shape index (κ2) is 3.76. The molecule has 0 fully saturated rings. The molecule has 0 aromatic carbocycles.